The number of aliphatic hydroxyl groups is 1. The van der Waals surface area contributed by atoms with Gasteiger partial charge < -0.3 is 49.9 Å². The third-order valence-electron chi connectivity index (χ3n) is 22.0. The van der Waals surface area contributed by atoms with Gasteiger partial charge in [-0.1, -0.05) is 111 Å². The number of nitrogens with zero attached hydrogens (tertiary/aromatic N) is 14. The second-order valence-electron chi connectivity index (χ2n) is 31.4. The zero-order chi connectivity index (χ0) is 77.0. The molecular formula is C86H100N16O7S2. The highest BCUT2D eigenvalue weighted by Gasteiger charge is 2.46. The summed E-state index contributed by atoms with van der Waals surface area (Å²) in [5, 5.41) is 38.7. The number of rotatable bonds is 23. The van der Waals surface area contributed by atoms with Crippen molar-refractivity contribution in [1.29, 1.82) is 0 Å². The molecular weight excluding hydrogens is 1430 g/mol. The van der Waals surface area contributed by atoms with Crippen LogP contribution in [0.25, 0.3) is 20.4 Å². The standard InChI is InChI=1S/C23H28N4O3.C21H26N4O2.C21H22N4OS.C21H24N4OS/c1-16-3-10-21(26-25-16)27-13-23(14-27,15-30-17(2)28)12-24-22(29)11-18-4-6-19(7-5-18)20-8-9-20;1-15-2-9-19(24-23-15)25-12-21(13-25,14-26)11-22-20(27)10-16-3-5-17(6-4-16)18-7-8-18;26-19(13-15-1-3-16(4-2-15)17-5-6-17)24-8-10-25(11-9-24)21-22-14-18-7-12-27-20(18)23-21;1-15(2)17-5-3-16(4-6-17)13-19(26)24-8-10-25(11-9-24)21-22-14-18-7-12-27-20(18)23-21/h3-7,10,20H,8-9,11-15H2,1-2H3,(H,24,29);2-6,9,18,26H,7-8,10-14H2,1H3,(H,22,27);1-4,7,12,14,17H,5-6,8-11,13H2;3-7,12,14-15H,8-11,13H2,1-2H3. The highest BCUT2D eigenvalue weighted by Crippen LogP contribution is 2.42. The van der Waals surface area contributed by atoms with E-state index in [0.29, 0.717) is 76.8 Å². The number of benzene rings is 4. The van der Waals surface area contributed by atoms with Gasteiger partial charge in [0.2, 0.25) is 35.5 Å². The van der Waals surface area contributed by atoms with Crippen LogP contribution in [0.3, 0.4) is 0 Å². The molecule has 4 saturated heterocycles. The fourth-order valence-corrected chi connectivity index (χ4v) is 16.0. The molecule has 0 spiro atoms. The Morgan fingerprint density at radius 3 is 1.22 bits per heavy atom. The van der Waals surface area contributed by atoms with Crippen LogP contribution < -0.4 is 30.2 Å². The molecule has 0 unspecified atom stereocenters. The van der Waals surface area contributed by atoms with Gasteiger partial charge in [-0.15, -0.1) is 32.9 Å². The van der Waals surface area contributed by atoms with E-state index < -0.39 is 0 Å². The summed E-state index contributed by atoms with van der Waals surface area (Å²) in [6, 6.07) is 45.6. The number of aliphatic hydroxyl groups excluding tert-OH is 1. The number of ether oxygens (including phenoxy) is 1. The number of piperazine rings is 2. The normalized spacial score (nSPS) is 16.9. The molecule has 0 atom stereocenters. The molecule has 3 aliphatic carbocycles. The second kappa shape index (κ2) is 35.3. The number of thiophene rings is 2. The minimum Gasteiger partial charge on any atom is -0.465 e. The molecule has 4 aromatic carbocycles. The van der Waals surface area contributed by atoms with Crippen molar-refractivity contribution >= 4 is 96.2 Å². The van der Waals surface area contributed by atoms with Gasteiger partial charge in [-0.2, -0.15) is 10.2 Å². The average molecular weight is 1530 g/mol. The predicted octanol–water partition coefficient (Wildman–Crippen LogP) is 11.4. The Hall–Kier alpha value is -10.4. The van der Waals surface area contributed by atoms with E-state index in [1.165, 1.54) is 67.7 Å². The van der Waals surface area contributed by atoms with E-state index >= 15 is 0 Å². The molecule has 4 aliphatic heterocycles. The first-order valence-corrected chi connectivity index (χ1v) is 40.8. The van der Waals surface area contributed by atoms with Gasteiger partial charge in [-0.25, -0.2) is 19.9 Å². The van der Waals surface area contributed by atoms with E-state index in [4.69, 9.17) is 4.74 Å². The Balaban J connectivity index is 0.000000123. The summed E-state index contributed by atoms with van der Waals surface area (Å²) >= 11 is 3.27. The highest BCUT2D eigenvalue weighted by atomic mass is 32.1. The van der Waals surface area contributed by atoms with Gasteiger partial charge >= 0.3 is 5.97 Å². The van der Waals surface area contributed by atoms with Gasteiger partial charge in [-0.05, 0) is 168 Å². The number of fused-ring (bicyclic) bond motifs is 2. The molecule has 6 aromatic heterocycles. The quantitative estimate of drug-likeness (QED) is 0.0503. The summed E-state index contributed by atoms with van der Waals surface area (Å²) in [5.74, 6) is 5.93. The van der Waals surface area contributed by atoms with Gasteiger partial charge in [0.15, 0.2) is 11.6 Å². The summed E-state index contributed by atoms with van der Waals surface area (Å²) in [5.41, 5.74) is 10.8. The first-order chi connectivity index (χ1) is 53.8. The van der Waals surface area contributed by atoms with Crippen LogP contribution in [-0.2, 0) is 54.4 Å². The predicted molar refractivity (Wildman–Crippen MR) is 436 cm³/mol. The number of hydrogen-bond donors (Lipinski definition) is 3. The van der Waals surface area contributed by atoms with Crippen molar-refractivity contribution in [2.75, 3.05) is 124 Å². The van der Waals surface area contributed by atoms with E-state index in [-0.39, 0.29) is 53.6 Å². The molecule has 25 heteroatoms. The lowest BCUT2D eigenvalue weighted by Crippen LogP contribution is -2.63. The fourth-order valence-electron chi connectivity index (χ4n) is 14.5. The number of carbonyl (C=O) groups is 5. The molecule has 17 rings (SSSR count). The van der Waals surface area contributed by atoms with Gasteiger partial charge in [0, 0.05) is 127 Å². The van der Waals surface area contributed by atoms with Crippen LogP contribution >= 0.6 is 22.7 Å². The molecule has 4 amide bonds. The van der Waals surface area contributed by atoms with Crippen LogP contribution in [0.5, 0.6) is 0 Å². The van der Waals surface area contributed by atoms with Crippen LogP contribution in [-0.4, -0.2) is 190 Å². The number of hydrogen-bond acceptors (Lipinski definition) is 21. The van der Waals surface area contributed by atoms with E-state index in [1.807, 2.05) is 95.3 Å². The number of amides is 4. The van der Waals surface area contributed by atoms with Gasteiger partial charge in [0.1, 0.15) is 16.3 Å². The minimum atomic E-state index is -0.316. The summed E-state index contributed by atoms with van der Waals surface area (Å²) in [6.07, 6.45) is 13.2. The Morgan fingerprint density at radius 2 is 0.856 bits per heavy atom. The highest BCUT2D eigenvalue weighted by molar-refractivity contribution is 7.17. The Bertz CT molecular complexity index is 4640. The van der Waals surface area contributed by atoms with Crippen LogP contribution in [0, 0.1) is 24.7 Å². The van der Waals surface area contributed by atoms with Crippen LogP contribution in [0.2, 0.25) is 0 Å². The van der Waals surface area contributed by atoms with Crippen molar-refractivity contribution in [2.45, 2.75) is 122 Å². The molecule has 10 heterocycles. The Labute approximate surface area is 657 Å². The van der Waals surface area contributed by atoms with Crippen molar-refractivity contribution in [1.82, 2.24) is 60.8 Å². The maximum absolute atomic E-state index is 12.7. The van der Waals surface area contributed by atoms with Gasteiger partial charge in [-0.3, -0.25) is 24.0 Å². The average Bonchev–Trinajstić information content (AvgIpc) is 1.50. The topological polar surface area (TPSA) is 261 Å². The zero-order valence-electron chi connectivity index (χ0n) is 64.2. The van der Waals surface area contributed by atoms with E-state index in [0.717, 1.165) is 142 Å². The minimum absolute atomic E-state index is 0.00410. The monoisotopic (exact) mass is 1530 g/mol. The molecule has 0 radical (unpaired) electrons. The third-order valence-corrected chi connectivity index (χ3v) is 23.6. The molecule has 23 nitrogen and oxygen atoms in total. The third kappa shape index (κ3) is 20.8. The summed E-state index contributed by atoms with van der Waals surface area (Å²) in [4.78, 5) is 94.2. The van der Waals surface area contributed by atoms with Crippen molar-refractivity contribution in [3.63, 3.8) is 0 Å². The van der Waals surface area contributed by atoms with Crippen molar-refractivity contribution in [3.8, 4) is 0 Å². The lowest BCUT2D eigenvalue weighted by Gasteiger charge is -2.50. The molecule has 10 aromatic rings. The Morgan fingerprint density at radius 1 is 0.477 bits per heavy atom. The summed E-state index contributed by atoms with van der Waals surface area (Å²) in [7, 11) is 0. The first kappa shape index (κ1) is 77.4. The number of aromatic nitrogens is 8. The maximum Gasteiger partial charge on any atom is 0.302 e. The van der Waals surface area contributed by atoms with Crippen LogP contribution in [0.1, 0.15) is 139 Å². The number of esters is 1. The fraction of sp³-hybridized carbons (Fsp3) is 0.430. The number of aryl methyl sites for hydroxylation is 2. The largest absolute Gasteiger partial charge is 0.465 e. The van der Waals surface area contributed by atoms with Crippen molar-refractivity contribution in [2.24, 2.45) is 10.8 Å². The van der Waals surface area contributed by atoms with Crippen LogP contribution in [0.4, 0.5) is 23.5 Å². The van der Waals surface area contributed by atoms with Crippen molar-refractivity contribution in [3.05, 3.63) is 213 Å². The molecule has 7 aliphatic rings. The lowest BCUT2D eigenvalue weighted by molar-refractivity contribution is -0.145. The lowest BCUT2D eigenvalue weighted by atomic mass is 9.80. The maximum atomic E-state index is 12.7. The van der Waals surface area contributed by atoms with Crippen molar-refractivity contribution < 1.29 is 33.8 Å². The van der Waals surface area contributed by atoms with Crippen LogP contribution in [0.15, 0.2) is 157 Å². The number of anilines is 4. The SMILES string of the molecule is CC(=O)OCC1(CNC(=O)Cc2ccc(C3CC3)cc2)CN(c2ccc(C)nn2)C1.CC(C)c1ccc(CC(=O)N2CCN(c3ncc4ccsc4n3)CC2)cc1.Cc1ccc(N2CC(CO)(CNC(=O)Cc3ccc(C4CC4)cc3)C2)nn1.O=C(Cc1ccc(C2CC2)cc1)N1CCN(c2ncc3ccsc3n2)CC1. The summed E-state index contributed by atoms with van der Waals surface area (Å²) in [6.45, 7) is 19.4. The molecule has 3 N–H and O–H groups in total. The first-order valence-electron chi connectivity index (χ1n) is 39.0. The number of nitrogens with one attached hydrogen (secondary N) is 2. The number of carbonyl (C=O) groups excluding carboxylic acids is 5. The molecule has 0 bridgehead atoms. The van der Waals surface area contributed by atoms with E-state index in [1.54, 1.807) is 22.7 Å². The molecule has 578 valence electrons. The van der Waals surface area contributed by atoms with E-state index in [2.05, 4.69) is 169 Å². The Kier molecular flexibility index (Phi) is 24.6. The zero-order valence-corrected chi connectivity index (χ0v) is 65.8. The summed E-state index contributed by atoms with van der Waals surface area (Å²) < 4.78 is 5.29. The smallest absolute Gasteiger partial charge is 0.302 e. The molecule has 7 fully saturated rings. The van der Waals surface area contributed by atoms with Gasteiger partial charge in [0.25, 0.3) is 0 Å². The molecule has 3 saturated carbocycles. The second-order valence-corrected chi connectivity index (χ2v) is 33.1. The van der Waals surface area contributed by atoms with Gasteiger partial charge in [0.05, 0.1) is 49.1 Å². The molecule has 111 heavy (non-hydrogen) atoms. The van der Waals surface area contributed by atoms with E-state index in [9.17, 15) is 29.1 Å².